The van der Waals surface area contributed by atoms with E-state index >= 15 is 0 Å². The highest BCUT2D eigenvalue weighted by molar-refractivity contribution is 6.30. The Labute approximate surface area is 143 Å². The summed E-state index contributed by atoms with van der Waals surface area (Å²) in [5.74, 6) is -0.550. The van der Waals surface area contributed by atoms with Gasteiger partial charge in [-0.2, -0.15) is 0 Å². The van der Waals surface area contributed by atoms with Gasteiger partial charge < -0.3 is 14.2 Å². The summed E-state index contributed by atoms with van der Waals surface area (Å²) in [6.45, 7) is 5.16. The minimum Gasteiger partial charge on any atom is -0.479 e. The first-order valence-corrected chi connectivity index (χ1v) is 7.40. The lowest BCUT2D eigenvalue weighted by Crippen LogP contribution is -2.26. The Morgan fingerprint density at radius 3 is 2.67 bits per heavy atom. The maximum Gasteiger partial charge on any atom is 0.347 e. The van der Waals surface area contributed by atoms with Crippen LogP contribution in [0.2, 0.25) is 5.02 Å². The SMILES string of the molecule is C=CCOC(=O)[C@@H](C)Oc1ccc(Oc2ncc(Cl)cc2F)cc1. The molecule has 7 heteroatoms. The van der Waals surface area contributed by atoms with Crippen molar-refractivity contribution in [3.8, 4) is 17.4 Å². The van der Waals surface area contributed by atoms with E-state index in [0.29, 0.717) is 11.5 Å². The molecule has 1 heterocycles. The molecule has 0 aliphatic rings. The minimum absolute atomic E-state index is 0.124. The van der Waals surface area contributed by atoms with E-state index in [1.807, 2.05) is 0 Å². The van der Waals surface area contributed by atoms with Gasteiger partial charge in [-0.25, -0.2) is 14.2 Å². The number of pyridine rings is 1. The molecular formula is C17H15ClFNO4. The number of hydrogen-bond donors (Lipinski definition) is 0. The first-order valence-electron chi connectivity index (χ1n) is 7.02. The summed E-state index contributed by atoms with van der Waals surface area (Å²) < 4.78 is 29.3. The molecule has 0 saturated carbocycles. The third-order valence-corrected chi connectivity index (χ3v) is 3.01. The molecule has 1 aromatic carbocycles. The monoisotopic (exact) mass is 351 g/mol. The molecule has 0 radical (unpaired) electrons. The maximum absolute atomic E-state index is 13.6. The zero-order valence-corrected chi connectivity index (χ0v) is 13.6. The van der Waals surface area contributed by atoms with Crippen LogP contribution in [0.5, 0.6) is 17.4 Å². The number of hydrogen-bond acceptors (Lipinski definition) is 5. The molecule has 0 aliphatic heterocycles. The summed E-state index contributed by atoms with van der Waals surface area (Å²) >= 11 is 5.63. The summed E-state index contributed by atoms with van der Waals surface area (Å²) in [4.78, 5) is 15.4. The van der Waals surface area contributed by atoms with Crippen LogP contribution in [0.4, 0.5) is 4.39 Å². The maximum atomic E-state index is 13.6. The minimum atomic E-state index is -0.771. The molecule has 0 N–H and O–H groups in total. The van der Waals surface area contributed by atoms with Crippen molar-refractivity contribution in [2.24, 2.45) is 0 Å². The summed E-state index contributed by atoms with van der Waals surface area (Å²) in [7, 11) is 0. The quantitative estimate of drug-likeness (QED) is 0.553. The van der Waals surface area contributed by atoms with Crippen LogP contribution < -0.4 is 9.47 Å². The van der Waals surface area contributed by atoms with E-state index in [1.54, 1.807) is 31.2 Å². The zero-order chi connectivity index (χ0) is 17.5. The molecular weight excluding hydrogens is 337 g/mol. The van der Waals surface area contributed by atoms with Crippen molar-refractivity contribution in [2.75, 3.05) is 6.61 Å². The molecule has 0 aliphatic carbocycles. The fourth-order valence-electron chi connectivity index (χ4n) is 1.69. The van der Waals surface area contributed by atoms with Crippen molar-refractivity contribution in [3.63, 3.8) is 0 Å². The van der Waals surface area contributed by atoms with E-state index in [4.69, 9.17) is 25.8 Å². The molecule has 0 saturated heterocycles. The highest BCUT2D eigenvalue weighted by Crippen LogP contribution is 2.26. The van der Waals surface area contributed by atoms with E-state index < -0.39 is 17.9 Å². The van der Waals surface area contributed by atoms with Gasteiger partial charge in [-0.15, -0.1) is 0 Å². The summed E-state index contributed by atoms with van der Waals surface area (Å²) in [6, 6.07) is 7.40. The lowest BCUT2D eigenvalue weighted by atomic mass is 10.3. The molecule has 1 atom stereocenters. The predicted molar refractivity (Wildman–Crippen MR) is 87.0 cm³/mol. The van der Waals surface area contributed by atoms with Crippen molar-refractivity contribution < 1.29 is 23.4 Å². The lowest BCUT2D eigenvalue weighted by Gasteiger charge is -2.13. The van der Waals surface area contributed by atoms with E-state index in [0.717, 1.165) is 6.07 Å². The van der Waals surface area contributed by atoms with E-state index in [2.05, 4.69) is 11.6 Å². The van der Waals surface area contributed by atoms with Crippen molar-refractivity contribution in [1.29, 1.82) is 0 Å². The number of carbonyl (C=O) groups excluding carboxylic acids is 1. The predicted octanol–water partition coefficient (Wildman–Crippen LogP) is 4.16. The Bertz CT molecular complexity index is 721. The second-order valence-electron chi connectivity index (χ2n) is 4.69. The highest BCUT2D eigenvalue weighted by atomic mass is 35.5. The van der Waals surface area contributed by atoms with Crippen LogP contribution >= 0.6 is 11.6 Å². The molecule has 5 nitrogen and oxygen atoms in total. The smallest absolute Gasteiger partial charge is 0.347 e. The van der Waals surface area contributed by atoms with Crippen molar-refractivity contribution in [2.45, 2.75) is 13.0 Å². The van der Waals surface area contributed by atoms with Crippen LogP contribution in [-0.2, 0) is 9.53 Å². The molecule has 0 fully saturated rings. The Morgan fingerprint density at radius 1 is 1.38 bits per heavy atom. The number of ether oxygens (including phenoxy) is 3. The van der Waals surface area contributed by atoms with Gasteiger partial charge in [0.1, 0.15) is 18.1 Å². The highest BCUT2D eigenvalue weighted by Gasteiger charge is 2.16. The van der Waals surface area contributed by atoms with Gasteiger partial charge in [-0.05, 0) is 37.3 Å². The summed E-state index contributed by atoms with van der Waals surface area (Å²) in [5, 5.41) is 0.181. The van der Waals surface area contributed by atoms with Gasteiger partial charge in [0.2, 0.25) is 0 Å². The van der Waals surface area contributed by atoms with Crippen LogP contribution in [0, 0.1) is 5.82 Å². The average Bonchev–Trinajstić information content (AvgIpc) is 2.56. The molecule has 2 rings (SSSR count). The van der Waals surface area contributed by atoms with Gasteiger partial charge in [0.25, 0.3) is 5.88 Å². The van der Waals surface area contributed by atoms with Crippen LogP contribution in [0.25, 0.3) is 0 Å². The number of rotatable bonds is 7. The Kier molecular flexibility index (Phi) is 6.14. The Hall–Kier alpha value is -2.60. The number of nitrogens with zero attached hydrogens (tertiary/aromatic N) is 1. The first-order chi connectivity index (χ1) is 11.5. The fraction of sp³-hybridized carbons (Fsp3) is 0.176. The number of benzene rings is 1. The molecule has 0 bridgehead atoms. The Morgan fingerprint density at radius 2 is 2.04 bits per heavy atom. The summed E-state index contributed by atoms with van der Waals surface area (Å²) in [6.07, 6.45) is 1.99. The van der Waals surface area contributed by atoms with Crippen LogP contribution in [0.15, 0.2) is 49.2 Å². The molecule has 2 aromatic rings. The van der Waals surface area contributed by atoms with Crippen LogP contribution in [0.3, 0.4) is 0 Å². The van der Waals surface area contributed by atoms with Crippen LogP contribution in [0.1, 0.15) is 6.92 Å². The average molecular weight is 352 g/mol. The second-order valence-corrected chi connectivity index (χ2v) is 5.13. The van der Waals surface area contributed by atoms with Gasteiger partial charge in [-0.1, -0.05) is 24.3 Å². The van der Waals surface area contributed by atoms with Gasteiger partial charge in [0.15, 0.2) is 11.9 Å². The van der Waals surface area contributed by atoms with Gasteiger partial charge in [-0.3, -0.25) is 0 Å². The molecule has 0 amide bonds. The normalized spacial score (nSPS) is 11.5. The first kappa shape index (κ1) is 17.7. The molecule has 1 aromatic heterocycles. The lowest BCUT2D eigenvalue weighted by molar-refractivity contribution is -0.149. The second kappa shape index (κ2) is 8.31. The largest absolute Gasteiger partial charge is 0.479 e. The van der Waals surface area contributed by atoms with Crippen LogP contribution in [-0.4, -0.2) is 23.7 Å². The third kappa shape index (κ3) is 4.96. The number of esters is 1. The standard InChI is InChI=1S/C17H15ClFNO4/c1-3-8-22-17(21)11(2)23-13-4-6-14(7-5-13)24-16-15(19)9-12(18)10-20-16/h3-7,9-11H,1,8H2,2H3/t11-/m1/s1. The van der Waals surface area contributed by atoms with E-state index in [-0.39, 0.29) is 17.5 Å². The fourth-order valence-corrected chi connectivity index (χ4v) is 1.83. The molecule has 0 spiro atoms. The van der Waals surface area contributed by atoms with Crippen molar-refractivity contribution >= 4 is 17.6 Å². The van der Waals surface area contributed by atoms with Gasteiger partial charge >= 0.3 is 5.97 Å². The van der Waals surface area contributed by atoms with Crippen molar-refractivity contribution in [1.82, 2.24) is 4.98 Å². The Balaban J connectivity index is 1.97. The molecule has 126 valence electrons. The number of halogens is 2. The number of aromatic nitrogens is 1. The molecule has 24 heavy (non-hydrogen) atoms. The number of carbonyl (C=O) groups is 1. The topological polar surface area (TPSA) is 57.7 Å². The zero-order valence-electron chi connectivity index (χ0n) is 12.9. The summed E-state index contributed by atoms with van der Waals surface area (Å²) in [5.41, 5.74) is 0. The van der Waals surface area contributed by atoms with Gasteiger partial charge in [0, 0.05) is 6.20 Å². The van der Waals surface area contributed by atoms with Crippen molar-refractivity contribution in [3.05, 3.63) is 60.0 Å². The molecule has 0 unspecified atom stereocenters. The third-order valence-electron chi connectivity index (χ3n) is 2.80. The van der Waals surface area contributed by atoms with Gasteiger partial charge in [0.05, 0.1) is 5.02 Å². The van der Waals surface area contributed by atoms with E-state index in [1.165, 1.54) is 12.3 Å². The van der Waals surface area contributed by atoms with E-state index in [9.17, 15) is 9.18 Å².